The highest BCUT2D eigenvalue weighted by atomic mass is 16.7. The third kappa shape index (κ3) is 2.35. The summed E-state index contributed by atoms with van der Waals surface area (Å²) in [4.78, 5) is 29.7. The molecular formula is C9H12N2O3. The van der Waals surface area contributed by atoms with Gasteiger partial charge in [-0.15, -0.1) is 0 Å². The highest BCUT2D eigenvalue weighted by molar-refractivity contribution is 5.92. The molecular weight excluding hydrogens is 184 g/mol. The third-order valence-electron chi connectivity index (χ3n) is 1.58. The SMILES string of the molecule is CCN(OC(C)=O)C(=O)c1ccc[nH]1. The molecule has 0 saturated carbocycles. The van der Waals surface area contributed by atoms with Gasteiger partial charge in [-0.25, -0.2) is 0 Å². The summed E-state index contributed by atoms with van der Waals surface area (Å²) < 4.78 is 0. The van der Waals surface area contributed by atoms with Gasteiger partial charge in [0.05, 0.1) is 6.54 Å². The van der Waals surface area contributed by atoms with Crippen molar-refractivity contribution in [2.45, 2.75) is 13.8 Å². The fourth-order valence-electron chi connectivity index (χ4n) is 1.00. The molecule has 0 aliphatic carbocycles. The monoisotopic (exact) mass is 196 g/mol. The van der Waals surface area contributed by atoms with Crippen LogP contribution in [0.1, 0.15) is 24.3 Å². The Balaban J connectivity index is 2.70. The topological polar surface area (TPSA) is 62.4 Å². The zero-order valence-corrected chi connectivity index (χ0v) is 8.11. The first-order chi connectivity index (χ1) is 6.65. The summed E-state index contributed by atoms with van der Waals surface area (Å²) in [6.07, 6.45) is 1.63. The number of hydrogen-bond donors (Lipinski definition) is 1. The van der Waals surface area contributed by atoms with Gasteiger partial charge >= 0.3 is 11.9 Å². The number of nitrogens with one attached hydrogen (secondary N) is 1. The standard InChI is InChI=1S/C9H12N2O3/c1-3-11(14-7(2)12)9(13)8-5-4-6-10-8/h4-6,10H,3H2,1-2H3. The maximum absolute atomic E-state index is 11.6. The summed E-state index contributed by atoms with van der Waals surface area (Å²) in [5, 5.41) is 1.01. The first kappa shape index (κ1) is 10.3. The van der Waals surface area contributed by atoms with E-state index in [4.69, 9.17) is 4.84 Å². The lowest BCUT2D eigenvalue weighted by molar-refractivity contribution is -0.174. The molecule has 0 unspecified atom stereocenters. The number of hydrogen-bond acceptors (Lipinski definition) is 3. The zero-order valence-electron chi connectivity index (χ0n) is 8.11. The van der Waals surface area contributed by atoms with Crippen molar-refractivity contribution >= 4 is 11.9 Å². The first-order valence-electron chi connectivity index (χ1n) is 4.29. The van der Waals surface area contributed by atoms with Crippen LogP contribution in [0.5, 0.6) is 0 Å². The van der Waals surface area contributed by atoms with Crippen molar-refractivity contribution < 1.29 is 14.4 Å². The Bertz CT molecular complexity index is 319. The summed E-state index contributed by atoms with van der Waals surface area (Å²) in [7, 11) is 0. The summed E-state index contributed by atoms with van der Waals surface area (Å²) in [5.41, 5.74) is 0.396. The minimum atomic E-state index is -0.508. The largest absolute Gasteiger partial charge is 0.357 e. The number of hydroxylamine groups is 2. The molecule has 1 aromatic heterocycles. The van der Waals surface area contributed by atoms with Crippen LogP contribution in [0.15, 0.2) is 18.3 Å². The van der Waals surface area contributed by atoms with Crippen LogP contribution in [0, 0.1) is 0 Å². The van der Waals surface area contributed by atoms with Crippen molar-refractivity contribution in [1.82, 2.24) is 10.0 Å². The van der Waals surface area contributed by atoms with Gasteiger partial charge in [0.1, 0.15) is 5.69 Å². The molecule has 0 aliphatic rings. The lowest BCUT2D eigenvalue weighted by atomic mass is 10.4. The van der Waals surface area contributed by atoms with Gasteiger partial charge in [0.2, 0.25) is 0 Å². The van der Waals surface area contributed by atoms with E-state index in [0.29, 0.717) is 12.2 Å². The van der Waals surface area contributed by atoms with Crippen LogP contribution >= 0.6 is 0 Å². The molecule has 0 spiro atoms. The van der Waals surface area contributed by atoms with E-state index >= 15 is 0 Å². The normalized spacial score (nSPS) is 9.57. The number of H-pyrrole nitrogens is 1. The Morgan fingerprint density at radius 1 is 1.57 bits per heavy atom. The summed E-state index contributed by atoms with van der Waals surface area (Å²) in [6, 6.07) is 3.32. The van der Waals surface area contributed by atoms with Gasteiger partial charge in [0.25, 0.3) is 0 Å². The van der Waals surface area contributed by atoms with Gasteiger partial charge in [-0.3, -0.25) is 9.59 Å². The predicted octanol–water partition coefficient (Wildman–Crippen LogP) is 0.955. The Morgan fingerprint density at radius 2 is 2.29 bits per heavy atom. The summed E-state index contributed by atoms with van der Waals surface area (Å²) in [5.74, 6) is -0.862. The van der Waals surface area contributed by atoms with Gasteiger partial charge in [0.15, 0.2) is 0 Å². The van der Waals surface area contributed by atoms with Crippen LogP contribution in [0.3, 0.4) is 0 Å². The number of carbonyl (C=O) groups is 2. The van der Waals surface area contributed by atoms with Crippen LogP contribution in [-0.4, -0.2) is 28.5 Å². The van der Waals surface area contributed by atoms with E-state index in [1.54, 1.807) is 25.3 Å². The van der Waals surface area contributed by atoms with Crippen molar-refractivity contribution in [3.63, 3.8) is 0 Å². The molecule has 76 valence electrons. The predicted molar refractivity (Wildman–Crippen MR) is 49.3 cm³/mol. The van der Waals surface area contributed by atoms with Crippen LogP contribution in [0.2, 0.25) is 0 Å². The van der Waals surface area contributed by atoms with E-state index < -0.39 is 5.97 Å². The fourth-order valence-corrected chi connectivity index (χ4v) is 1.00. The van der Waals surface area contributed by atoms with Crippen LogP contribution in [0.4, 0.5) is 0 Å². The second-order valence-corrected chi connectivity index (χ2v) is 2.67. The van der Waals surface area contributed by atoms with E-state index in [9.17, 15) is 9.59 Å². The molecule has 1 heterocycles. The fraction of sp³-hybridized carbons (Fsp3) is 0.333. The average Bonchev–Trinajstić information content (AvgIpc) is 2.65. The Kier molecular flexibility index (Phi) is 3.28. The van der Waals surface area contributed by atoms with Gasteiger partial charge in [-0.05, 0) is 19.1 Å². The summed E-state index contributed by atoms with van der Waals surface area (Å²) >= 11 is 0. The molecule has 1 N–H and O–H groups in total. The number of amides is 1. The van der Waals surface area contributed by atoms with Gasteiger partial charge < -0.3 is 9.82 Å². The zero-order chi connectivity index (χ0) is 10.6. The molecule has 1 rings (SSSR count). The van der Waals surface area contributed by atoms with Crippen molar-refractivity contribution in [3.8, 4) is 0 Å². The molecule has 1 aromatic rings. The second kappa shape index (κ2) is 4.45. The highest BCUT2D eigenvalue weighted by Crippen LogP contribution is 2.02. The molecule has 0 bridgehead atoms. The average molecular weight is 196 g/mol. The number of rotatable bonds is 2. The second-order valence-electron chi connectivity index (χ2n) is 2.67. The Labute approximate surface area is 81.6 Å². The van der Waals surface area contributed by atoms with Crippen molar-refractivity contribution in [3.05, 3.63) is 24.0 Å². The maximum atomic E-state index is 11.6. The molecule has 0 aliphatic heterocycles. The molecule has 1 amide bonds. The highest BCUT2D eigenvalue weighted by Gasteiger charge is 2.17. The number of aromatic amines is 1. The quantitative estimate of drug-likeness (QED) is 0.716. The molecule has 0 fully saturated rings. The first-order valence-corrected chi connectivity index (χ1v) is 4.29. The smallest absolute Gasteiger partial charge is 0.329 e. The molecule has 5 nitrogen and oxygen atoms in total. The number of nitrogens with zero attached hydrogens (tertiary/aromatic N) is 1. The van der Waals surface area contributed by atoms with E-state index in [1.807, 2.05) is 0 Å². The molecule has 0 radical (unpaired) electrons. The van der Waals surface area contributed by atoms with E-state index in [1.165, 1.54) is 6.92 Å². The van der Waals surface area contributed by atoms with E-state index in [2.05, 4.69) is 4.98 Å². The molecule has 14 heavy (non-hydrogen) atoms. The van der Waals surface area contributed by atoms with Crippen LogP contribution < -0.4 is 0 Å². The van der Waals surface area contributed by atoms with Crippen molar-refractivity contribution in [1.29, 1.82) is 0 Å². The van der Waals surface area contributed by atoms with E-state index in [-0.39, 0.29) is 5.91 Å². The summed E-state index contributed by atoms with van der Waals surface area (Å²) in [6.45, 7) is 3.30. The van der Waals surface area contributed by atoms with Gasteiger partial charge in [-0.1, -0.05) is 0 Å². The minimum absolute atomic E-state index is 0.317. The van der Waals surface area contributed by atoms with Crippen LogP contribution in [0.25, 0.3) is 0 Å². The minimum Gasteiger partial charge on any atom is -0.357 e. The van der Waals surface area contributed by atoms with Crippen molar-refractivity contribution in [2.75, 3.05) is 6.54 Å². The van der Waals surface area contributed by atoms with Crippen LogP contribution in [-0.2, 0) is 9.63 Å². The van der Waals surface area contributed by atoms with Gasteiger partial charge in [0, 0.05) is 13.1 Å². The lowest BCUT2D eigenvalue weighted by Gasteiger charge is -2.17. The Hall–Kier alpha value is -1.78. The van der Waals surface area contributed by atoms with Gasteiger partial charge in [-0.2, -0.15) is 5.06 Å². The number of carbonyl (C=O) groups excluding carboxylic acids is 2. The molecule has 0 atom stereocenters. The third-order valence-corrected chi connectivity index (χ3v) is 1.58. The molecule has 0 aromatic carbocycles. The lowest BCUT2D eigenvalue weighted by Crippen LogP contribution is -2.32. The molecule has 5 heteroatoms. The molecule has 0 saturated heterocycles. The van der Waals surface area contributed by atoms with E-state index in [0.717, 1.165) is 5.06 Å². The number of aromatic nitrogens is 1. The van der Waals surface area contributed by atoms with Crippen molar-refractivity contribution in [2.24, 2.45) is 0 Å². The maximum Gasteiger partial charge on any atom is 0.329 e. The Morgan fingerprint density at radius 3 is 2.71 bits per heavy atom.